The molecule has 0 saturated carbocycles. The van der Waals surface area contributed by atoms with Crippen LogP contribution in [0.1, 0.15) is 18.9 Å². The zero-order valence-corrected chi connectivity index (χ0v) is 8.45. The van der Waals surface area contributed by atoms with Gasteiger partial charge < -0.3 is 10.2 Å². The number of halogens is 1. The number of benzene rings is 1. The Morgan fingerprint density at radius 2 is 1.93 bits per heavy atom. The molecule has 0 bridgehead atoms. The van der Waals surface area contributed by atoms with E-state index in [1.165, 1.54) is 12.1 Å². The number of carboxylic acids is 1. The zero-order valence-electron chi connectivity index (χ0n) is 7.70. The molecule has 4 heteroatoms. The Morgan fingerprint density at radius 3 is 2.29 bits per heavy atom. The fourth-order valence-corrected chi connectivity index (χ4v) is 1.33. The lowest BCUT2D eigenvalue weighted by atomic mass is 9.91. The van der Waals surface area contributed by atoms with Crippen LogP contribution in [0.2, 0.25) is 5.02 Å². The topological polar surface area (TPSA) is 57.5 Å². The predicted molar refractivity (Wildman–Crippen MR) is 53.3 cm³/mol. The lowest BCUT2D eigenvalue weighted by molar-refractivity contribution is -0.160. The van der Waals surface area contributed by atoms with Crippen molar-refractivity contribution in [3.8, 4) is 0 Å². The molecule has 1 atom stereocenters. The lowest BCUT2D eigenvalue weighted by Gasteiger charge is -2.21. The van der Waals surface area contributed by atoms with Gasteiger partial charge in [-0.3, -0.25) is 0 Å². The van der Waals surface area contributed by atoms with Crippen LogP contribution in [0.15, 0.2) is 24.3 Å². The van der Waals surface area contributed by atoms with Gasteiger partial charge in [0.2, 0.25) is 0 Å². The van der Waals surface area contributed by atoms with Crippen molar-refractivity contribution >= 4 is 17.6 Å². The van der Waals surface area contributed by atoms with E-state index >= 15 is 0 Å². The van der Waals surface area contributed by atoms with Crippen molar-refractivity contribution in [2.24, 2.45) is 0 Å². The van der Waals surface area contributed by atoms with Gasteiger partial charge in [0.05, 0.1) is 0 Å². The molecule has 0 aromatic heterocycles. The molecule has 0 unspecified atom stereocenters. The number of hydrogen-bond acceptors (Lipinski definition) is 2. The minimum absolute atomic E-state index is 0.115. The Balaban J connectivity index is 3.13. The van der Waals surface area contributed by atoms with Crippen molar-refractivity contribution in [1.29, 1.82) is 0 Å². The van der Waals surface area contributed by atoms with Crippen molar-refractivity contribution in [2.75, 3.05) is 0 Å². The molecular weight excluding hydrogens is 204 g/mol. The number of aliphatic hydroxyl groups is 1. The van der Waals surface area contributed by atoms with E-state index < -0.39 is 11.6 Å². The summed E-state index contributed by atoms with van der Waals surface area (Å²) in [5.74, 6) is -1.25. The molecule has 0 saturated heterocycles. The summed E-state index contributed by atoms with van der Waals surface area (Å²) in [5, 5.41) is 19.2. The van der Waals surface area contributed by atoms with Gasteiger partial charge in [0.15, 0.2) is 5.60 Å². The normalized spacial score (nSPS) is 14.8. The summed E-state index contributed by atoms with van der Waals surface area (Å²) in [6.07, 6.45) is 0.115. The summed E-state index contributed by atoms with van der Waals surface area (Å²) in [5.41, 5.74) is -1.47. The maximum Gasteiger partial charge on any atom is 0.340 e. The third-order valence-electron chi connectivity index (χ3n) is 2.19. The fraction of sp³-hybridized carbons (Fsp3) is 0.300. The average molecular weight is 215 g/mol. The molecule has 0 aliphatic heterocycles. The van der Waals surface area contributed by atoms with Gasteiger partial charge in [-0.15, -0.1) is 0 Å². The Kier molecular flexibility index (Phi) is 3.13. The number of rotatable bonds is 3. The van der Waals surface area contributed by atoms with E-state index in [2.05, 4.69) is 0 Å². The predicted octanol–water partition coefficient (Wildman–Crippen LogP) is 2.02. The third-order valence-corrected chi connectivity index (χ3v) is 2.44. The van der Waals surface area contributed by atoms with Crippen molar-refractivity contribution in [1.82, 2.24) is 0 Å². The third kappa shape index (κ3) is 1.89. The first-order chi connectivity index (χ1) is 6.50. The largest absolute Gasteiger partial charge is 0.479 e. The van der Waals surface area contributed by atoms with Crippen LogP contribution in [0.4, 0.5) is 0 Å². The van der Waals surface area contributed by atoms with E-state index in [-0.39, 0.29) is 6.42 Å². The second-order valence-corrected chi connectivity index (χ2v) is 3.46. The molecule has 0 spiro atoms. The number of carbonyl (C=O) groups is 1. The van der Waals surface area contributed by atoms with Gasteiger partial charge in [0.25, 0.3) is 0 Å². The summed E-state index contributed by atoms with van der Waals surface area (Å²) in [6, 6.07) is 6.14. The Morgan fingerprint density at radius 1 is 1.43 bits per heavy atom. The van der Waals surface area contributed by atoms with E-state index in [1.807, 2.05) is 0 Å². The highest BCUT2D eigenvalue weighted by atomic mass is 35.5. The van der Waals surface area contributed by atoms with Crippen LogP contribution < -0.4 is 0 Å². The van der Waals surface area contributed by atoms with Crippen LogP contribution in [0.3, 0.4) is 0 Å². The van der Waals surface area contributed by atoms with Gasteiger partial charge >= 0.3 is 5.97 Å². The molecule has 0 radical (unpaired) electrons. The highest BCUT2D eigenvalue weighted by molar-refractivity contribution is 6.30. The molecule has 2 N–H and O–H groups in total. The minimum Gasteiger partial charge on any atom is -0.479 e. The van der Waals surface area contributed by atoms with Crippen molar-refractivity contribution in [2.45, 2.75) is 18.9 Å². The summed E-state index contributed by atoms with van der Waals surface area (Å²) in [7, 11) is 0. The van der Waals surface area contributed by atoms with E-state index in [0.29, 0.717) is 10.6 Å². The maximum atomic E-state index is 10.9. The first kappa shape index (κ1) is 11.0. The molecule has 1 aromatic rings. The molecule has 0 aliphatic rings. The van der Waals surface area contributed by atoms with Crippen LogP contribution >= 0.6 is 11.6 Å². The van der Waals surface area contributed by atoms with Crippen LogP contribution in [-0.2, 0) is 10.4 Å². The first-order valence-corrected chi connectivity index (χ1v) is 4.60. The highest BCUT2D eigenvalue weighted by Crippen LogP contribution is 2.26. The number of hydrogen-bond donors (Lipinski definition) is 2. The van der Waals surface area contributed by atoms with Gasteiger partial charge in [-0.25, -0.2) is 4.79 Å². The van der Waals surface area contributed by atoms with Gasteiger partial charge in [-0.05, 0) is 24.1 Å². The van der Waals surface area contributed by atoms with E-state index in [1.54, 1.807) is 19.1 Å². The monoisotopic (exact) mass is 214 g/mol. The summed E-state index contributed by atoms with van der Waals surface area (Å²) >= 11 is 5.66. The highest BCUT2D eigenvalue weighted by Gasteiger charge is 2.35. The SMILES string of the molecule is CC[C@@](O)(C(=O)O)c1ccc(Cl)cc1. The van der Waals surface area contributed by atoms with Gasteiger partial charge in [-0.2, -0.15) is 0 Å². The average Bonchev–Trinajstić information content (AvgIpc) is 2.17. The molecular formula is C10H11ClO3. The first-order valence-electron chi connectivity index (χ1n) is 4.22. The van der Waals surface area contributed by atoms with E-state index in [9.17, 15) is 9.90 Å². The van der Waals surface area contributed by atoms with E-state index in [0.717, 1.165) is 0 Å². The van der Waals surface area contributed by atoms with Crippen LogP contribution in [0.5, 0.6) is 0 Å². The van der Waals surface area contributed by atoms with Crippen LogP contribution in [-0.4, -0.2) is 16.2 Å². The second-order valence-electron chi connectivity index (χ2n) is 3.03. The zero-order chi connectivity index (χ0) is 10.8. The minimum atomic E-state index is -1.81. The lowest BCUT2D eigenvalue weighted by Crippen LogP contribution is -2.34. The molecule has 1 rings (SSSR count). The molecule has 0 amide bonds. The van der Waals surface area contributed by atoms with Crippen LogP contribution in [0.25, 0.3) is 0 Å². The Labute approximate surface area is 86.9 Å². The molecule has 0 aliphatic carbocycles. The maximum absolute atomic E-state index is 10.9. The molecule has 0 heterocycles. The molecule has 76 valence electrons. The summed E-state index contributed by atoms with van der Waals surface area (Å²) < 4.78 is 0. The summed E-state index contributed by atoms with van der Waals surface area (Å²) in [4.78, 5) is 10.9. The van der Waals surface area contributed by atoms with Crippen molar-refractivity contribution < 1.29 is 15.0 Å². The van der Waals surface area contributed by atoms with Crippen LogP contribution in [0, 0.1) is 0 Å². The Hall–Kier alpha value is -1.06. The molecule has 0 fully saturated rings. The second kappa shape index (κ2) is 3.98. The summed E-state index contributed by atoms with van der Waals surface area (Å²) in [6.45, 7) is 1.61. The van der Waals surface area contributed by atoms with Crippen molar-refractivity contribution in [3.05, 3.63) is 34.9 Å². The quantitative estimate of drug-likeness (QED) is 0.810. The smallest absolute Gasteiger partial charge is 0.340 e. The number of aliphatic carboxylic acids is 1. The molecule has 1 aromatic carbocycles. The molecule has 14 heavy (non-hydrogen) atoms. The fourth-order valence-electron chi connectivity index (χ4n) is 1.20. The standard InChI is InChI=1S/C10H11ClO3/c1-2-10(14,9(12)13)7-3-5-8(11)6-4-7/h3-6,14H,2H2,1H3,(H,12,13)/t10-/m0/s1. The van der Waals surface area contributed by atoms with Gasteiger partial charge in [-0.1, -0.05) is 30.7 Å². The van der Waals surface area contributed by atoms with Gasteiger partial charge in [0.1, 0.15) is 0 Å². The van der Waals surface area contributed by atoms with Gasteiger partial charge in [0, 0.05) is 5.02 Å². The van der Waals surface area contributed by atoms with Crippen molar-refractivity contribution in [3.63, 3.8) is 0 Å². The number of carboxylic acid groups (broad SMARTS) is 1. The Bertz CT molecular complexity index is 334. The van der Waals surface area contributed by atoms with E-state index in [4.69, 9.17) is 16.7 Å². The molecule has 3 nitrogen and oxygen atoms in total.